The predicted molar refractivity (Wildman–Crippen MR) is 68.9 cm³/mol. The van der Waals surface area contributed by atoms with E-state index in [1.807, 2.05) is 11.6 Å². The van der Waals surface area contributed by atoms with Gasteiger partial charge < -0.3 is 5.11 Å². The van der Waals surface area contributed by atoms with Gasteiger partial charge in [-0.2, -0.15) is 5.10 Å². The molecule has 0 aliphatic heterocycles. The van der Waals surface area contributed by atoms with Gasteiger partial charge in [0.05, 0.1) is 11.7 Å². The summed E-state index contributed by atoms with van der Waals surface area (Å²) in [5, 5.41) is 14.6. The molecule has 2 heterocycles. The highest BCUT2D eigenvalue weighted by Crippen LogP contribution is 2.31. The Morgan fingerprint density at radius 1 is 1.59 bits per heavy atom. The number of hydrogen-bond acceptors (Lipinski definition) is 3. The van der Waals surface area contributed by atoms with Crippen LogP contribution in [0.25, 0.3) is 10.2 Å². The van der Waals surface area contributed by atoms with Gasteiger partial charge in [-0.05, 0) is 25.8 Å². The minimum absolute atomic E-state index is 0.304. The van der Waals surface area contributed by atoms with Gasteiger partial charge in [-0.1, -0.05) is 13.8 Å². The van der Waals surface area contributed by atoms with Crippen molar-refractivity contribution < 1.29 is 9.90 Å². The topological polar surface area (TPSA) is 55.1 Å². The Morgan fingerprint density at radius 3 is 2.82 bits per heavy atom. The van der Waals surface area contributed by atoms with Gasteiger partial charge in [-0.3, -0.25) is 4.68 Å². The monoisotopic (exact) mass is 252 g/mol. The molecule has 0 saturated heterocycles. The minimum atomic E-state index is -0.857. The van der Waals surface area contributed by atoms with Gasteiger partial charge in [0, 0.05) is 5.39 Å². The van der Waals surface area contributed by atoms with E-state index in [-0.39, 0.29) is 0 Å². The molecule has 0 amide bonds. The highest BCUT2D eigenvalue weighted by Gasteiger charge is 2.18. The highest BCUT2D eigenvalue weighted by atomic mass is 32.1. The number of rotatable bonds is 4. The van der Waals surface area contributed by atoms with Crippen molar-refractivity contribution in [2.45, 2.75) is 39.7 Å². The first-order valence-corrected chi connectivity index (χ1v) is 6.64. The van der Waals surface area contributed by atoms with E-state index in [0.717, 1.165) is 28.8 Å². The first-order valence-electron chi connectivity index (χ1n) is 5.82. The average Bonchev–Trinajstić information content (AvgIpc) is 2.85. The van der Waals surface area contributed by atoms with Crippen molar-refractivity contribution in [2.75, 3.05) is 0 Å². The molecule has 2 rings (SSSR count). The third kappa shape index (κ3) is 1.95. The zero-order valence-electron chi connectivity index (χ0n) is 10.2. The number of carboxylic acid groups (broad SMARTS) is 1. The zero-order chi connectivity index (χ0) is 12.6. The molecule has 2 aromatic rings. The molecule has 1 unspecified atom stereocenters. The van der Waals surface area contributed by atoms with Crippen LogP contribution in [-0.2, 0) is 6.42 Å². The molecule has 0 fully saturated rings. The number of carbonyl (C=O) groups is 1. The van der Waals surface area contributed by atoms with Crippen LogP contribution in [0.2, 0.25) is 0 Å². The maximum Gasteiger partial charge on any atom is 0.345 e. The van der Waals surface area contributed by atoms with Gasteiger partial charge in [0.2, 0.25) is 0 Å². The van der Waals surface area contributed by atoms with Gasteiger partial charge in [-0.15, -0.1) is 11.3 Å². The van der Waals surface area contributed by atoms with Crippen LogP contribution in [0.15, 0.2) is 6.07 Å². The number of aromatic carboxylic acids is 1. The number of nitrogens with zero attached hydrogens (tertiary/aromatic N) is 2. The van der Waals surface area contributed by atoms with E-state index in [9.17, 15) is 4.79 Å². The van der Waals surface area contributed by atoms with E-state index in [4.69, 9.17) is 5.11 Å². The van der Waals surface area contributed by atoms with Crippen LogP contribution >= 0.6 is 11.3 Å². The van der Waals surface area contributed by atoms with Crippen molar-refractivity contribution in [3.05, 3.63) is 16.6 Å². The Labute approximate surface area is 104 Å². The predicted octanol–water partition coefficient (Wildman–Crippen LogP) is 3.33. The van der Waals surface area contributed by atoms with Crippen LogP contribution in [0.1, 0.15) is 48.6 Å². The lowest BCUT2D eigenvalue weighted by atomic mass is 10.2. The van der Waals surface area contributed by atoms with Crippen LogP contribution in [0.3, 0.4) is 0 Å². The fraction of sp³-hybridized carbons (Fsp3) is 0.500. The van der Waals surface area contributed by atoms with Crippen LogP contribution in [-0.4, -0.2) is 20.9 Å². The van der Waals surface area contributed by atoms with Crippen molar-refractivity contribution in [2.24, 2.45) is 0 Å². The number of hydrogen-bond donors (Lipinski definition) is 1. The normalized spacial score (nSPS) is 13.1. The Morgan fingerprint density at radius 2 is 2.29 bits per heavy atom. The Bertz CT molecular complexity index is 556. The van der Waals surface area contributed by atoms with Crippen molar-refractivity contribution in [1.82, 2.24) is 9.78 Å². The molecule has 0 radical (unpaired) electrons. The van der Waals surface area contributed by atoms with E-state index < -0.39 is 5.97 Å². The molecule has 0 aliphatic carbocycles. The third-order valence-electron chi connectivity index (χ3n) is 3.01. The van der Waals surface area contributed by atoms with Crippen LogP contribution in [0.5, 0.6) is 0 Å². The highest BCUT2D eigenvalue weighted by molar-refractivity contribution is 7.20. The first-order chi connectivity index (χ1) is 8.08. The summed E-state index contributed by atoms with van der Waals surface area (Å²) < 4.78 is 1.96. The van der Waals surface area contributed by atoms with Gasteiger partial charge in [0.1, 0.15) is 9.71 Å². The molecule has 0 spiro atoms. The van der Waals surface area contributed by atoms with Crippen LogP contribution in [0.4, 0.5) is 0 Å². The molecule has 2 aromatic heterocycles. The number of fused-ring (bicyclic) bond motifs is 1. The third-order valence-corrected chi connectivity index (χ3v) is 4.13. The second-order valence-corrected chi connectivity index (χ2v) is 5.17. The zero-order valence-corrected chi connectivity index (χ0v) is 11.0. The molecule has 0 aliphatic rings. The summed E-state index contributed by atoms with van der Waals surface area (Å²) in [6, 6.07) is 2.05. The molecule has 4 nitrogen and oxygen atoms in total. The van der Waals surface area contributed by atoms with Crippen LogP contribution in [0, 0.1) is 0 Å². The number of thiophene rings is 1. The Hall–Kier alpha value is -1.36. The molecule has 1 atom stereocenters. The molecule has 1 N–H and O–H groups in total. The van der Waals surface area contributed by atoms with E-state index >= 15 is 0 Å². The Kier molecular flexibility index (Phi) is 3.19. The van der Waals surface area contributed by atoms with Gasteiger partial charge in [0.15, 0.2) is 0 Å². The lowest BCUT2D eigenvalue weighted by Crippen LogP contribution is -2.05. The fourth-order valence-corrected chi connectivity index (χ4v) is 2.90. The van der Waals surface area contributed by atoms with Gasteiger partial charge >= 0.3 is 5.97 Å². The molecule has 0 aromatic carbocycles. The van der Waals surface area contributed by atoms with Crippen molar-refractivity contribution in [3.63, 3.8) is 0 Å². The summed E-state index contributed by atoms with van der Waals surface area (Å²) in [5.74, 6) is -0.857. The molecular weight excluding hydrogens is 236 g/mol. The fourth-order valence-electron chi connectivity index (χ4n) is 1.83. The maximum atomic E-state index is 11.0. The van der Waals surface area contributed by atoms with Crippen molar-refractivity contribution >= 4 is 27.5 Å². The molecule has 92 valence electrons. The number of aromatic nitrogens is 2. The lowest BCUT2D eigenvalue weighted by Gasteiger charge is -2.09. The summed E-state index contributed by atoms with van der Waals surface area (Å²) in [6.45, 7) is 6.25. The molecule has 5 heteroatoms. The second kappa shape index (κ2) is 4.49. The van der Waals surface area contributed by atoms with E-state index in [0.29, 0.717) is 10.9 Å². The first kappa shape index (κ1) is 12.1. The minimum Gasteiger partial charge on any atom is -0.477 e. The molecular formula is C12H16N2O2S. The summed E-state index contributed by atoms with van der Waals surface area (Å²) in [4.78, 5) is 12.4. The van der Waals surface area contributed by atoms with E-state index in [1.54, 1.807) is 6.07 Å². The average molecular weight is 252 g/mol. The summed E-state index contributed by atoms with van der Waals surface area (Å²) >= 11 is 1.31. The van der Waals surface area contributed by atoms with Gasteiger partial charge in [-0.25, -0.2) is 4.79 Å². The Balaban J connectivity index is 2.64. The molecule has 0 bridgehead atoms. The van der Waals surface area contributed by atoms with Crippen molar-refractivity contribution in [1.29, 1.82) is 0 Å². The van der Waals surface area contributed by atoms with Crippen molar-refractivity contribution in [3.8, 4) is 0 Å². The summed E-state index contributed by atoms with van der Waals surface area (Å²) in [6.07, 6.45) is 1.82. The quantitative estimate of drug-likeness (QED) is 0.908. The summed E-state index contributed by atoms with van der Waals surface area (Å²) in [7, 11) is 0. The van der Waals surface area contributed by atoms with E-state index in [2.05, 4.69) is 18.9 Å². The SMILES string of the molecule is CCc1nn(C(C)CC)c2sc(C(=O)O)cc12. The lowest BCUT2D eigenvalue weighted by molar-refractivity contribution is 0.0702. The summed E-state index contributed by atoms with van der Waals surface area (Å²) in [5.41, 5.74) is 0.990. The smallest absolute Gasteiger partial charge is 0.345 e. The maximum absolute atomic E-state index is 11.0. The van der Waals surface area contributed by atoms with E-state index in [1.165, 1.54) is 11.3 Å². The second-order valence-electron chi connectivity index (χ2n) is 4.14. The standard InChI is InChI=1S/C12H16N2O2S/c1-4-7(3)14-11-8(9(5-2)13-14)6-10(17-11)12(15)16/h6-7H,4-5H2,1-3H3,(H,15,16). The van der Waals surface area contributed by atoms with Crippen LogP contribution < -0.4 is 0 Å². The molecule has 17 heavy (non-hydrogen) atoms. The number of carboxylic acids is 1. The number of aryl methyl sites for hydroxylation is 1. The van der Waals surface area contributed by atoms with Gasteiger partial charge in [0.25, 0.3) is 0 Å². The largest absolute Gasteiger partial charge is 0.477 e. The molecule has 0 saturated carbocycles.